The predicted molar refractivity (Wildman–Crippen MR) is 78.7 cm³/mol. The van der Waals surface area contributed by atoms with E-state index < -0.39 is 12.0 Å². The quantitative estimate of drug-likeness (QED) is 0.687. The molecule has 1 fully saturated rings. The lowest BCUT2D eigenvalue weighted by Gasteiger charge is -2.32. The number of carboxylic acid groups (broad SMARTS) is 1. The van der Waals surface area contributed by atoms with Crippen LogP contribution in [0.4, 0.5) is 0 Å². The molecular weight excluding hydrogens is 272 g/mol. The van der Waals surface area contributed by atoms with E-state index in [-0.39, 0.29) is 36.9 Å². The molecule has 2 atom stereocenters. The zero-order valence-electron chi connectivity index (χ0n) is 13.3. The highest BCUT2D eigenvalue weighted by molar-refractivity contribution is 6.06. The molecule has 0 aromatic heterocycles. The first-order chi connectivity index (χ1) is 9.87. The number of carbonyl (C=O) groups is 3. The number of aliphatic carboxylic acids is 1. The molecule has 1 N–H and O–H groups in total. The molecule has 6 nitrogen and oxygen atoms in total. The molecule has 2 unspecified atom stereocenters. The van der Waals surface area contributed by atoms with E-state index in [4.69, 9.17) is 5.11 Å². The fourth-order valence-electron chi connectivity index (χ4n) is 2.89. The molecule has 0 saturated carbocycles. The second kappa shape index (κ2) is 7.54. The molecule has 0 aromatic carbocycles. The molecule has 0 aliphatic carbocycles. The molecule has 0 radical (unpaired) electrons. The van der Waals surface area contributed by atoms with Gasteiger partial charge in [0.15, 0.2) is 0 Å². The van der Waals surface area contributed by atoms with Crippen molar-refractivity contribution in [2.75, 3.05) is 6.54 Å². The minimum atomic E-state index is -0.975. The molecule has 2 amide bonds. The highest BCUT2D eigenvalue weighted by Gasteiger charge is 2.45. The van der Waals surface area contributed by atoms with Crippen LogP contribution in [0.25, 0.3) is 0 Å². The number of nitrogens with zero attached hydrogens (tertiary/aromatic N) is 2. The van der Waals surface area contributed by atoms with Crippen LogP contribution >= 0.6 is 0 Å². The van der Waals surface area contributed by atoms with Crippen molar-refractivity contribution in [2.24, 2.45) is 0 Å². The third-order valence-corrected chi connectivity index (χ3v) is 4.34. The normalized spacial score (nSPS) is 20.7. The summed E-state index contributed by atoms with van der Waals surface area (Å²) in [6, 6.07) is -0.771. The van der Waals surface area contributed by atoms with Crippen LogP contribution < -0.4 is 0 Å². The zero-order chi connectivity index (χ0) is 16.2. The van der Waals surface area contributed by atoms with E-state index >= 15 is 0 Å². The van der Waals surface area contributed by atoms with E-state index in [1.165, 1.54) is 4.90 Å². The summed E-state index contributed by atoms with van der Waals surface area (Å²) in [5.41, 5.74) is 0. The van der Waals surface area contributed by atoms with Crippen LogP contribution in [0.2, 0.25) is 0 Å². The van der Waals surface area contributed by atoms with Crippen LogP contribution in [-0.2, 0) is 14.4 Å². The van der Waals surface area contributed by atoms with Crippen molar-refractivity contribution in [1.82, 2.24) is 9.80 Å². The number of carboxylic acids is 1. The molecule has 1 aliphatic heterocycles. The summed E-state index contributed by atoms with van der Waals surface area (Å²) in [6.45, 7) is 7.52. The second-order valence-corrected chi connectivity index (χ2v) is 5.62. The number of hydrogen-bond acceptors (Lipinski definition) is 4. The van der Waals surface area contributed by atoms with E-state index in [0.29, 0.717) is 0 Å². The van der Waals surface area contributed by atoms with Gasteiger partial charge in [0.25, 0.3) is 0 Å². The van der Waals surface area contributed by atoms with Crippen molar-refractivity contribution in [2.45, 2.75) is 71.5 Å². The summed E-state index contributed by atoms with van der Waals surface area (Å²) < 4.78 is 0. The van der Waals surface area contributed by atoms with Gasteiger partial charge in [-0.25, -0.2) is 0 Å². The average Bonchev–Trinajstić information content (AvgIpc) is 2.73. The fraction of sp³-hybridized carbons (Fsp3) is 0.800. The van der Waals surface area contributed by atoms with Crippen molar-refractivity contribution in [3.05, 3.63) is 0 Å². The smallest absolute Gasteiger partial charge is 0.317 e. The topological polar surface area (TPSA) is 77.9 Å². The van der Waals surface area contributed by atoms with Crippen LogP contribution in [-0.4, -0.2) is 57.4 Å². The molecule has 21 heavy (non-hydrogen) atoms. The summed E-state index contributed by atoms with van der Waals surface area (Å²) in [4.78, 5) is 38.8. The van der Waals surface area contributed by atoms with Gasteiger partial charge in [-0.1, -0.05) is 20.8 Å². The van der Waals surface area contributed by atoms with E-state index in [1.807, 2.05) is 27.7 Å². The van der Waals surface area contributed by atoms with Crippen LogP contribution in [0.3, 0.4) is 0 Å². The summed E-state index contributed by atoms with van der Waals surface area (Å²) in [7, 11) is 0. The lowest BCUT2D eigenvalue weighted by Crippen LogP contribution is -2.49. The molecule has 0 aromatic rings. The first-order valence-corrected chi connectivity index (χ1v) is 7.70. The molecule has 1 rings (SSSR count). The third-order valence-electron chi connectivity index (χ3n) is 4.34. The first kappa shape index (κ1) is 17.6. The van der Waals surface area contributed by atoms with E-state index in [1.54, 1.807) is 4.90 Å². The number of hydrogen-bond donors (Lipinski definition) is 1. The van der Waals surface area contributed by atoms with Gasteiger partial charge in [-0.05, 0) is 26.2 Å². The summed E-state index contributed by atoms with van der Waals surface area (Å²) in [6.07, 6.45) is 2.27. The van der Waals surface area contributed by atoms with Crippen LogP contribution in [0.1, 0.15) is 53.4 Å². The molecule has 120 valence electrons. The van der Waals surface area contributed by atoms with E-state index in [0.717, 1.165) is 19.3 Å². The molecule has 1 heterocycles. The zero-order valence-corrected chi connectivity index (χ0v) is 13.3. The van der Waals surface area contributed by atoms with Crippen molar-refractivity contribution in [3.63, 3.8) is 0 Å². The SMILES string of the molecule is CCC(CC)N1C(=O)CC(N(CC(=O)O)C(C)CC)C1=O. The molecule has 6 heteroatoms. The predicted octanol–water partition coefficient (Wildman–Crippen LogP) is 1.49. The van der Waals surface area contributed by atoms with Gasteiger partial charge in [0, 0.05) is 12.1 Å². The molecule has 1 saturated heterocycles. The van der Waals surface area contributed by atoms with Gasteiger partial charge in [0.05, 0.1) is 19.0 Å². The Morgan fingerprint density at radius 2 is 1.86 bits per heavy atom. The maximum Gasteiger partial charge on any atom is 0.317 e. The van der Waals surface area contributed by atoms with Gasteiger partial charge in [-0.2, -0.15) is 0 Å². The van der Waals surface area contributed by atoms with Gasteiger partial charge in [0.2, 0.25) is 11.8 Å². The average molecular weight is 298 g/mol. The second-order valence-electron chi connectivity index (χ2n) is 5.62. The van der Waals surface area contributed by atoms with Crippen molar-refractivity contribution >= 4 is 17.8 Å². The summed E-state index contributed by atoms with van der Waals surface area (Å²) in [5, 5.41) is 9.06. The summed E-state index contributed by atoms with van der Waals surface area (Å²) >= 11 is 0. The van der Waals surface area contributed by atoms with Gasteiger partial charge in [-0.3, -0.25) is 24.2 Å². The van der Waals surface area contributed by atoms with Gasteiger partial charge in [0.1, 0.15) is 0 Å². The summed E-state index contributed by atoms with van der Waals surface area (Å²) in [5.74, 6) is -1.40. The first-order valence-electron chi connectivity index (χ1n) is 7.70. The Hall–Kier alpha value is -1.43. The Bertz CT molecular complexity index is 406. The highest BCUT2D eigenvalue weighted by Crippen LogP contribution is 2.25. The number of carbonyl (C=O) groups excluding carboxylic acids is 2. The van der Waals surface area contributed by atoms with Crippen LogP contribution in [0, 0.1) is 0 Å². The Kier molecular flexibility index (Phi) is 6.33. The minimum Gasteiger partial charge on any atom is -0.480 e. The lowest BCUT2D eigenvalue weighted by atomic mass is 10.1. The van der Waals surface area contributed by atoms with Crippen LogP contribution in [0.5, 0.6) is 0 Å². The lowest BCUT2D eigenvalue weighted by molar-refractivity contribution is -0.144. The fourth-order valence-corrected chi connectivity index (χ4v) is 2.89. The standard InChI is InChI=1S/C15H26N2O4/c1-5-10(4)16(9-14(19)20)12-8-13(18)17(15(12)21)11(6-2)7-3/h10-12H,5-9H2,1-4H3,(H,19,20). The number of likely N-dealkylation sites (tertiary alicyclic amines) is 1. The van der Waals surface area contributed by atoms with Gasteiger partial charge >= 0.3 is 5.97 Å². The Morgan fingerprint density at radius 3 is 2.29 bits per heavy atom. The van der Waals surface area contributed by atoms with Crippen molar-refractivity contribution in [3.8, 4) is 0 Å². The van der Waals surface area contributed by atoms with E-state index in [9.17, 15) is 14.4 Å². The van der Waals surface area contributed by atoms with E-state index in [2.05, 4.69) is 0 Å². The third kappa shape index (κ3) is 3.81. The maximum absolute atomic E-state index is 12.6. The minimum absolute atomic E-state index is 0.0514. The number of imide groups is 1. The molecule has 1 aliphatic rings. The Labute approximate surface area is 126 Å². The molecule has 0 bridgehead atoms. The Balaban J connectivity index is 2.99. The largest absolute Gasteiger partial charge is 0.480 e. The Morgan fingerprint density at radius 1 is 1.29 bits per heavy atom. The number of amides is 2. The highest BCUT2D eigenvalue weighted by atomic mass is 16.4. The van der Waals surface area contributed by atoms with Gasteiger partial charge in [-0.15, -0.1) is 0 Å². The molecule has 0 spiro atoms. The number of rotatable bonds is 8. The van der Waals surface area contributed by atoms with Crippen molar-refractivity contribution < 1.29 is 19.5 Å². The maximum atomic E-state index is 12.6. The van der Waals surface area contributed by atoms with Gasteiger partial charge < -0.3 is 5.11 Å². The molecular formula is C15H26N2O4. The van der Waals surface area contributed by atoms with Crippen molar-refractivity contribution in [1.29, 1.82) is 0 Å². The monoisotopic (exact) mass is 298 g/mol. The van der Waals surface area contributed by atoms with Crippen LogP contribution in [0.15, 0.2) is 0 Å².